The van der Waals surface area contributed by atoms with Crippen molar-refractivity contribution in [3.8, 4) is 0 Å². The lowest BCUT2D eigenvalue weighted by Gasteiger charge is -2.23. The molecule has 0 saturated carbocycles. The Morgan fingerprint density at radius 3 is 2.57 bits per heavy atom. The molecule has 3 atom stereocenters. The molecule has 0 aromatic heterocycles. The maximum absolute atomic E-state index is 11.1. The van der Waals surface area contributed by atoms with Gasteiger partial charge >= 0.3 is 5.97 Å². The number of hydrogen-bond acceptors (Lipinski definition) is 5. The van der Waals surface area contributed by atoms with Crippen molar-refractivity contribution < 1.29 is 29.0 Å². The lowest BCUT2D eigenvalue weighted by molar-refractivity contribution is -0.140. The molecular weight excluding hydrogens is 294 g/mol. The Balaban J connectivity index is 4.39. The minimum absolute atomic E-state index is 0.0753. The fourth-order valence-electron chi connectivity index (χ4n) is 1.82. The quantitative estimate of drug-likeness (QED) is 0.399. The molecule has 0 bridgehead atoms. The molecule has 6 nitrogen and oxygen atoms in total. The number of carboxylic acids is 1. The number of rotatable bonds is 12. The highest BCUT2D eigenvalue weighted by molar-refractivity contribution is 8.00. The molecule has 1 amide bonds. The van der Waals surface area contributed by atoms with Crippen LogP contribution in [0.15, 0.2) is 0 Å². The molecule has 0 aromatic rings. The summed E-state index contributed by atoms with van der Waals surface area (Å²) in [5.41, 5.74) is 0. The predicted octanol–water partition coefficient (Wildman–Crippen LogP) is 1.00. The van der Waals surface area contributed by atoms with Crippen LogP contribution in [0, 0.1) is 0 Å². The molecule has 0 aliphatic carbocycles. The molecular formula is C14H27NO5S. The highest BCUT2D eigenvalue weighted by atomic mass is 32.2. The number of aliphatic hydroxyl groups is 2. The topological polar surface area (TPSA) is 107 Å². The molecule has 124 valence electrons. The first-order valence-electron chi connectivity index (χ1n) is 8.47. The zero-order valence-corrected chi connectivity index (χ0v) is 13.1. The second kappa shape index (κ2) is 11.8. The van der Waals surface area contributed by atoms with Crippen LogP contribution in [0.3, 0.4) is 0 Å². The summed E-state index contributed by atoms with van der Waals surface area (Å²) in [6.45, 7) is -0.898. The van der Waals surface area contributed by atoms with Crippen LogP contribution in [0.2, 0.25) is 0 Å². The van der Waals surface area contributed by atoms with Gasteiger partial charge in [0.25, 0.3) is 0 Å². The van der Waals surface area contributed by atoms with Crippen LogP contribution in [0.1, 0.15) is 50.0 Å². The van der Waals surface area contributed by atoms with E-state index in [1.54, 1.807) is 0 Å². The van der Waals surface area contributed by atoms with Gasteiger partial charge in [0.15, 0.2) is 0 Å². The summed E-state index contributed by atoms with van der Waals surface area (Å²) >= 11 is 1.18. The molecule has 0 fully saturated rings. The van der Waals surface area contributed by atoms with E-state index in [0.717, 1.165) is 0 Å². The van der Waals surface area contributed by atoms with Crippen molar-refractivity contribution in [3.05, 3.63) is 0 Å². The van der Waals surface area contributed by atoms with Gasteiger partial charge in [-0.15, -0.1) is 0 Å². The largest absolute Gasteiger partial charge is 0.480 e. The van der Waals surface area contributed by atoms with Gasteiger partial charge in [-0.05, 0) is 12.8 Å². The molecule has 0 spiro atoms. The minimum Gasteiger partial charge on any atom is -0.480 e. The van der Waals surface area contributed by atoms with Gasteiger partial charge in [-0.25, -0.2) is 4.79 Å². The summed E-state index contributed by atoms with van der Waals surface area (Å²) in [6, 6.07) is -1.06. The van der Waals surface area contributed by atoms with Gasteiger partial charge < -0.3 is 20.6 Å². The number of carbonyl (C=O) groups is 2. The van der Waals surface area contributed by atoms with Crippen molar-refractivity contribution in [2.45, 2.75) is 63.3 Å². The van der Waals surface area contributed by atoms with Crippen molar-refractivity contribution in [1.29, 1.82) is 0 Å². The summed E-state index contributed by atoms with van der Waals surface area (Å²) in [5, 5.41) is 30.3. The predicted molar refractivity (Wildman–Crippen MR) is 83.3 cm³/mol. The van der Waals surface area contributed by atoms with Crippen LogP contribution in [-0.2, 0) is 9.59 Å². The van der Waals surface area contributed by atoms with E-state index >= 15 is 0 Å². The van der Waals surface area contributed by atoms with Crippen LogP contribution < -0.4 is 5.32 Å². The molecule has 0 radical (unpaired) electrons. The van der Waals surface area contributed by atoms with E-state index in [1.807, 2.05) is 0 Å². The van der Waals surface area contributed by atoms with Gasteiger partial charge in [0, 0.05) is 28.6 Å². The number of aliphatic hydroxyl groups excluding tert-OH is 2. The Kier molecular flexibility index (Phi) is 8.51. The molecule has 0 rings (SSSR count). The van der Waals surface area contributed by atoms with Gasteiger partial charge in [0.1, 0.15) is 6.04 Å². The van der Waals surface area contributed by atoms with Crippen LogP contribution in [0.5, 0.6) is 0 Å². The van der Waals surface area contributed by atoms with Crippen LogP contribution in [-0.4, -0.2) is 57.0 Å². The molecule has 0 aliphatic heterocycles. The number of amides is 1. The summed E-state index contributed by atoms with van der Waals surface area (Å²) in [5.74, 6) is -1.54. The second-order valence-corrected chi connectivity index (χ2v) is 6.06. The van der Waals surface area contributed by atoms with Crippen LogP contribution in [0.25, 0.3) is 0 Å². The first-order valence-corrected chi connectivity index (χ1v) is 8.02. The molecule has 0 aliphatic rings. The lowest BCUT2D eigenvalue weighted by atomic mass is 10.1. The van der Waals surface area contributed by atoms with E-state index in [-0.39, 0.29) is 30.5 Å². The maximum Gasteiger partial charge on any atom is 0.327 e. The smallest absolute Gasteiger partial charge is 0.327 e. The Hall–Kier alpha value is -0.790. The number of thioether (sulfide) groups is 1. The number of unbranched alkanes of at least 4 members (excludes halogenated alkanes) is 1. The third-order valence-electron chi connectivity index (χ3n) is 2.92. The Morgan fingerprint density at radius 1 is 1.33 bits per heavy atom. The number of carbonyl (C=O) groups excluding carboxylic acids is 1. The van der Waals surface area contributed by atoms with E-state index in [2.05, 4.69) is 5.32 Å². The van der Waals surface area contributed by atoms with Crippen molar-refractivity contribution >= 4 is 23.6 Å². The van der Waals surface area contributed by atoms with E-state index < -0.39 is 30.9 Å². The van der Waals surface area contributed by atoms with Crippen molar-refractivity contribution in [2.24, 2.45) is 0 Å². The Labute approximate surface area is 134 Å². The molecule has 21 heavy (non-hydrogen) atoms. The first-order chi connectivity index (χ1) is 11.1. The normalized spacial score (nSPS) is 18.0. The summed E-state index contributed by atoms with van der Waals surface area (Å²) < 4.78 is 21.4. The van der Waals surface area contributed by atoms with Crippen molar-refractivity contribution in [2.75, 3.05) is 12.4 Å². The van der Waals surface area contributed by atoms with E-state index in [1.165, 1.54) is 18.7 Å². The zero-order chi connectivity index (χ0) is 18.8. The van der Waals surface area contributed by atoms with Gasteiger partial charge in [0.05, 0.1) is 6.10 Å². The molecule has 0 heterocycles. The fourth-order valence-corrected chi connectivity index (χ4v) is 3.11. The zero-order valence-electron chi connectivity index (χ0n) is 15.2. The van der Waals surface area contributed by atoms with E-state index in [4.69, 9.17) is 14.3 Å². The van der Waals surface area contributed by atoms with Crippen LogP contribution in [0.4, 0.5) is 0 Å². The van der Waals surface area contributed by atoms with E-state index in [0.29, 0.717) is 19.3 Å². The third-order valence-corrected chi connectivity index (χ3v) is 4.43. The fraction of sp³-hybridized carbons (Fsp3) is 0.857. The molecule has 0 aromatic carbocycles. The summed E-state index contributed by atoms with van der Waals surface area (Å²) in [6.07, 6.45) is 0.985. The second-order valence-electron chi connectivity index (χ2n) is 4.79. The summed E-state index contributed by atoms with van der Waals surface area (Å²) in [4.78, 5) is 22.1. The molecule has 7 heteroatoms. The van der Waals surface area contributed by atoms with Crippen molar-refractivity contribution in [1.82, 2.24) is 5.32 Å². The number of carboxylic acid groups (broad SMARTS) is 1. The SMILES string of the molecule is [2H]C([2H])([2H])CCCCC(O)C(CCO)SC[C@H](NC(C)=O)C(=O)O. The van der Waals surface area contributed by atoms with Gasteiger partial charge in [0.2, 0.25) is 5.91 Å². The third kappa shape index (κ3) is 9.71. The van der Waals surface area contributed by atoms with E-state index in [9.17, 15) is 14.7 Å². The van der Waals surface area contributed by atoms with Gasteiger partial charge in [-0.1, -0.05) is 26.1 Å². The highest BCUT2D eigenvalue weighted by Gasteiger charge is 2.24. The maximum atomic E-state index is 11.1. The minimum atomic E-state index is -1.97. The van der Waals surface area contributed by atoms with Gasteiger partial charge in [-0.2, -0.15) is 11.8 Å². The Bertz CT molecular complexity index is 395. The molecule has 0 saturated heterocycles. The number of nitrogens with one attached hydrogen (secondary N) is 1. The summed E-state index contributed by atoms with van der Waals surface area (Å²) in [7, 11) is 0. The first kappa shape index (κ1) is 15.1. The Morgan fingerprint density at radius 2 is 2.05 bits per heavy atom. The highest BCUT2D eigenvalue weighted by Crippen LogP contribution is 2.23. The average Bonchev–Trinajstić information content (AvgIpc) is 2.44. The number of hydrogen-bond donors (Lipinski definition) is 4. The standard InChI is InChI=1S/C14H27NO5S/c1-3-4-5-6-12(18)13(7-8-16)21-9-11(14(19)20)15-10(2)17/h11-13,16,18H,3-9H2,1-2H3,(H,15,17)(H,19,20)/t11-,12?,13?/m0/s1/i1D3. The molecule has 4 N–H and O–H groups in total. The monoisotopic (exact) mass is 324 g/mol. The van der Waals surface area contributed by atoms with Gasteiger partial charge in [-0.3, -0.25) is 4.79 Å². The average molecular weight is 324 g/mol. The lowest BCUT2D eigenvalue weighted by Crippen LogP contribution is -2.42. The molecule has 2 unspecified atom stereocenters. The van der Waals surface area contributed by atoms with Crippen molar-refractivity contribution in [3.63, 3.8) is 0 Å². The van der Waals surface area contributed by atoms with Crippen LogP contribution >= 0.6 is 11.8 Å². The number of aliphatic carboxylic acids is 1.